The summed E-state index contributed by atoms with van der Waals surface area (Å²) in [7, 11) is 0. The monoisotopic (exact) mass is 256 g/mol. The van der Waals surface area contributed by atoms with Gasteiger partial charge < -0.3 is 10.3 Å². The molecule has 2 rings (SSSR count). The van der Waals surface area contributed by atoms with Crippen molar-refractivity contribution in [1.82, 2.24) is 15.0 Å². The average molecular weight is 256 g/mol. The molecule has 0 aliphatic rings. The molecule has 0 radical (unpaired) electrons. The van der Waals surface area contributed by atoms with Gasteiger partial charge in [0.05, 0.1) is 11.6 Å². The first-order valence-corrected chi connectivity index (χ1v) is 5.26. The molecule has 0 saturated carbocycles. The maximum Gasteiger partial charge on any atom is 0.417 e. The zero-order chi connectivity index (χ0) is 13.2. The summed E-state index contributed by atoms with van der Waals surface area (Å²) in [5.74, 6) is 1.06. The van der Waals surface area contributed by atoms with Crippen LogP contribution in [0.1, 0.15) is 24.4 Å². The number of alkyl halides is 3. The van der Waals surface area contributed by atoms with Crippen molar-refractivity contribution in [3.05, 3.63) is 42.1 Å². The predicted octanol–water partition coefficient (Wildman–Crippen LogP) is 3.00. The predicted molar refractivity (Wildman–Crippen MR) is 59.9 cm³/mol. The van der Waals surface area contributed by atoms with Crippen LogP contribution in [0.5, 0.6) is 0 Å². The second-order valence-corrected chi connectivity index (χ2v) is 3.77. The van der Waals surface area contributed by atoms with Crippen LogP contribution in [-0.4, -0.2) is 15.0 Å². The van der Waals surface area contributed by atoms with E-state index in [9.17, 15) is 13.2 Å². The maximum atomic E-state index is 12.3. The number of hydrogen-bond acceptors (Lipinski definition) is 3. The number of nitrogens with zero attached hydrogens (tertiary/aromatic N) is 2. The van der Waals surface area contributed by atoms with Crippen molar-refractivity contribution in [3.8, 4) is 0 Å². The molecule has 96 valence electrons. The first-order chi connectivity index (χ1) is 8.47. The van der Waals surface area contributed by atoms with Crippen LogP contribution in [0, 0.1) is 0 Å². The lowest BCUT2D eigenvalue weighted by molar-refractivity contribution is -0.137. The van der Waals surface area contributed by atoms with Crippen molar-refractivity contribution in [1.29, 1.82) is 0 Å². The number of anilines is 1. The van der Waals surface area contributed by atoms with Gasteiger partial charge in [-0.2, -0.15) is 13.2 Å². The largest absolute Gasteiger partial charge is 0.417 e. The molecule has 2 heterocycles. The zero-order valence-electron chi connectivity index (χ0n) is 9.49. The molecule has 0 aromatic carbocycles. The second-order valence-electron chi connectivity index (χ2n) is 3.77. The summed E-state index contributed by atoms with van der Waals surface area (Å²) in [5, 5.41) is 2.95. The first kappa shape index (κ1) is 12.4. The number of nitrogens with one attached hydrogen (secondary N) is 2. The Hall–Kier alpha value is -2.05. The quantitative estimate of drug-likeness (QED) is 0.887. The summed E-state index contributed by atoms with van der Waals surface area (Å²) in [4.78, 5) is 10.7. The van der Waals surface area contributed by atoms with Gasteiger partial charge in [-0.15, -0.1) is 0 Å². The molecular formula is C11H11F3N4. The molecule has 2 N–H and O–H groups in total. The summed E-state index contributed by atoms with van der Waals surface area (Å²) >= 11 is 0. The highest BCUT2D eigenvalue weighted by atomic mass is 19.4. The molecule has 0 spiro atoms. The summed E-state index contributed by atoms with van der Waals surface area (Å²) < 4.78 is 37.0. The minimum absolute atomic E-state index is 0.163. The van der Waals surface area contributed by atoms with E-state index < -0.39 is 11.7 Å². The number of aromatic amines is 1. The Morgan fingerprint density at radius 3 is 2.56 bits per heavy atom. The van der Waals surface area contributed by atoms with Gasteiger partial charge in [0.2, 0.25) is 0 Å². The van der Waals surface area contributed by atoms with Gasteiger partial charge >= 0.3 is 6.18 Å². The van der Waals surface area contributed by atoms with Crippen LogP contribution in [0.3, 0.4) is 0 Å². The van der Waals surface area contributed by atoms with E-state index >= 15 is 0 Å². The van der Waals surface area contributed by atoms with Crippen molar-refractivity contribution >= 4 is 5.82 Å². The highest BCUT2D eigenvalue weighted by molar-refractivity contribution is 5.37. The van der Waals surface area contributed by atoms with E-state index in [4.69, 9.17) is 0 Å². The van der Waals surface area contributed by atoms with Crippen LogP contribution in [0.4, 0.5) is 19.0 Å². The molecule has 0 bridgehead atoms. The third-order valence-electron chi connectivity index (χ3n) is 2.38. The van der Waals surface area contributed by atoms with Gasteiger partial charge in [-0.3, -0.25) is 0 Å². The lowest BCUT2D eigenvalue weighted by Gasteiger charge is -2.13. The Labute approximate surface area is 101 Å². The summed E-state index contributed by atoms with van der Waals surface area (Å²) in [5.41, 5.74) is -0.765. The fourth-order valence-electron chi connectivity index (χ4n) is 1.45. The van der Waals surface area contributed by atoms with Crippen LogP contribution < -0.4 is 5.32 Å². The number of pyridine rings is 1. The number of hydrogen-bond donors (Lipinski definition) is 2. The Bertz CT molecular complexity index is 490. The van der Waals surface area contributed by atoms with E-state index in [1.165, 1.54) is 6.07 Å². The van der Waals surface area contributed by atoms with E-state index in [-0.39, 0.29) is 6.04 Å². The van der Waals surface area contributed by atoms with Gasteiger partial charge in [-0.05, 0) is 19.1 Å². The van der Waals surface area contributed by atoms with Crippen LogP contribution in [0.2, 0.25) is 0 Å². The van der Waals surface area contributed by atoms with Crippen molar-refractivity contribution in [2.75, 3.05) is 5.32 Å². The number of aromatic nitrogens is 3. The van der Waals surface area contributed by atoms with Crippen molar-refractivity contribution in [2.24, 2.45) is 0 Å². The molecule has 2 aromatic rings. The molecule has 4 nitrogen and oxygen atoms in total. The maximum absolute atomic E-state index is 12.3. The molecule has 0 saturated heterocycles. The van der Waals surface area contributed by atoms with Crippen molar-refractivity contribution in [2.45, 2.75) is 19.1 Å². The summed E-state index contributed by atoms with van der Waals surface area (Å²) in [6, 6.07) is 2.12. The van der Waals surface area contributed by atoms with Gasteiger partial charge in [-0.1, -0.05) is 0 Å². The smallest absolute Gasteiger partial charge is 0.360 e. The molecular weight excluding hydrogens is 245 g/mol. The standard InChI is InChI=1S/C11H11F3N4/c1-7(10-15-4-5-16-10)18-9-3-2-8(6-17-9)11(12,13)14/h2-7H,1H3,(H,15,16)(H,17,18). The van der Waals surface area contributed by atoms with E-state index in [0.717, 1.165) is 12.3 Å². The number of imidazole rings is 1. The molecule has 0 fully saturated rings. The molecule has 1 atom stereocenters. The van der Waals surface area contributed by atoms with E-state index in [2.05, 4.69) is 20.3 Å². The average Bonchev–Trinajstić information content (AvgIpc) is 2.82. The Morgan fingerprint density at radius 2 is 2.06 bits per heavy atom. The highest BCUT2D eigenvalue weighted by Gasteiger charge is 2.30. The highest BCUT2D eigenvalue weighted by Crippen LogP contribution is 2.29. The lowest BCUT2D eigenvalue weighted by Crippen LogP contribution is -2.11. The van der Waals surface area contributed by atoms with Crippen LogP contribution in [0.25, 0.3) is 0 Å². The fourth-order valence-corrected chi connectivity index (χ4v) is 1.45. The van der Waals surface area contributed by atoms with E-state index in [1.54, 1.807) is 12.4 Å². The van der Waals surface area contributed by atoms with Crippen molar-refractivity contribution < 1.29 is 13.2 Å². The third kappa shape index (κ3) is 2.79. The minimum Gasteiger partial charge on any atom is -0.360 e. The minimum atomic E-state index is -4.36. The van der Waals surface area contributed by atoms with E-state index in [1.807, 2.05) is 6.92 Å². The Balaban J connectivity index is 2.07. The van der Waals surface area contributed by atoms with Crippen LogP contribution >= 0.6 is 0 Å². The molecule has 2 aromatic heterocycles. The molecule has 18 heavy (non-hydrogen) atoms. The van der Waals surface area contributed by atoms with E-state index in [0.29, 0.717) is 11.6 Å². The second kappa shape index (κ2) is 4.67. The first-order valence-electron chi connectivity index (χ1n) is 5.26. The van der Waals surface area contributed by atoms with Gasteiger partial charge in [0.25, 0.3) is 0 Å². The SMILES string of the molecule is CC(Nc1ccc(C(F)(F)F)cn1)c1ncc[nH]1. The number of H-pyrrole nitrogens is 1. The number of halogens is 3. The van der Waals surface area contributed by atoms with Gasteiger partial charge in [0.15, 0.2) is 0 Å². The topological polar surface area (TPSA) is 53.6 Å². The molecule has 7 heteroatoms. The van der Waals surface area contributed by atoms with Gasteiger partial charge in [0, 0.05) is 18.6 Å². The van der Waals surface area contributed by atoms with Crippen LogP contribution in [0.15, 0.2) is 30.7 Å². The van der Waals surface area contributed by atoms with Crippen LogP contribution in [-0.2, 0) is 6.18 Å². The van der Waals surface area contributed by atoms with Gasteiger partial charge in [0.1, 0.15) is 11.6 Å². The third-order valence-corrected chi connectivity index (χ3v) is 2.38. The summed E-state index contributed by atoms with van der Waals surface area (Å²) in [6.07, 6.45) is -0.281. The number of rotatable bonds is 3. The zero-order valence-corrected chi connectivity index (χ0v) is 9.49. The van der Waals surface area contributed by atoms with Gasteiger partial charge in [-0.25, -0.2) is 9.97 Å². The molecule has 1 unspecified atom stereocenters. The Kier molecular flexibility index (Phi) is 3.22. The lowest BCUT2D eigenvalue weighted by atomic mass is 10.2. The Morgan fingerprint density at radius 1 is 1.28 bits per heavy atom. The fraction of sp³-hybridized carbons (Fsp3) is 0.273. The van der Waals surface area contributed by atoms with Crippen molar-refractivity contribution in [3.63, 3.8) is 0 Å². The molecule has 0 amide bonds. The summed E-state index contributed by atoms with van der Waals surface area (Å²) in [6.45, 7) is 1.83. The molecule has 0 aliphatic heterocycles. The normalized spacial score (nSPS) is 13.3. The molecule has 0 aliphatic carbocycles.